The van der Waals surface area contributed by atoms with Gasteiger partial charge in [0.15, 0.2) is 6.61 Å². The van der Waals surface area contributed by atoms with Crippen LogP contribution in [0, 0.1) is 17.4 Å². The zero-order valence-corrected chi connectivity index (χ0v) is 15.8. The summed E-state index contributed by atoms with van der Waals surface area (Å²) in [6, 6.07) is 13.9. The van der Waals surface area contributed by atoms with Crippen LogP contribution in [-0.4, -0.2) is 18.7 Å². The topological polar surface area (TPSA) is 50.7 Å². The molecule has 0 heterocycles. The maximum Gasteiger partial charge on any atom is 0.277 e. The zero-order chi connectivity index (χ0) is 17.4. The van der Waals surface area contributed by atoms with E-state index in [9.17, 15) is 4.79 Å². The van der Waals surface area contributed by atoms with E-state index >= 15 is 0 Å². The van der Waals surface area contributed by atoms with Crippen molar-refractivity contribution in [3.05, 3.63) is 68.8 Å². The van der Waals surface area contributed by atoms with Crippen molar-refractivity contribution in [3.63, 3.8) is 0 Å². The van der Waals surface area contributed by atoms with Crippen LogP contribution in [0.15, 0.2) is 53.6 Å². The number of amides is 1. The highest BCUT2D eigenvalue weighted by Gasteiger charge is 2.08. The molecule has 0 spiro atoms. The standard InChI is InChI=1S/C19H19IN2O2/c1-14-11-17(20)12-15(2)19(14)24-13-18(23)22-21-10-6-9-16-7-4-3-5-8-16/h3-12H,13H2,1-2H3,(H,22,23). The molecule has 0 radical (unpaired) electrons. The molecule has 1 amide bonds. The molecule has 124 valence electrons. The first kappa shape index (κ1) is 18.2. The van der Waals surface area contributed by atoms with Crippen molar-refractivity contribution in [2.24, 2.45) is 5.10 Å². The average molecular weight is 434 g/mol. The van der Waals surface area contributed by atoms with Gasteiger partial charge in [-0.25, -0.2) is 5.43 Å². The summed E-state index contributed by atoms with van der Waals surface area (Å²) in [4.78, 5) is 11.8. The van der Waals surface area contributed by atoms with Crippen molar-refractivity contribution in [2.45, 2.75) is 13.8 Å². The predicted molar refractivity (Wildman–Crippen MR) is 106 cm³/mol. The predicted octanol–water partition coefficient (Wildman–Crippen LogP) is 4.10. The van der Waals surface area contributed by atoms with Crippen LogP contribution >= 0.6 is 22.6 Å². The number of aryl methyl sites for hydroxylation is 2. The molecular weight excluding hydrogens is 415 g/mol. The molecule has 2 aromatic rings. The molecule has 0 aliphatic heterocycles. The molecule has 0 unspecified atom stereocenters. The van der Waals surface area contributed by atoms with Gasteiger partial charge >= 0.3 is 0 Å². The minimum Gasteiger partial charge on any atom is -0.483 e. The molecule has 2 rings (SSSR count). The SMILES string of the molecule is Cc1cc(I)cc(C)c1OCC(=O)NN=CC=Cc1ccccc1. The number of benzene rings is 2. The second kappa shape index (κ2) is 9.22. The molecule has 5 heteroatoms. The summed E-state index contributed by atoms with van der Waals surface area (Å²) in [6.07, 6.45) is 5.21. The number of ether oxygens (including phenoxy) is 1. The molecule has 4 nitrogen and oxygen atoms in total. The van der Waals surface area contributed by atoms with Gasteiger partial charge in [-0.1, -0.05) is 36.4 Å². The zero-order valence-electron chi connectivity index (χ0n) is 13.6. The van der Waals surface area contributed by atoms with Crippen molar-refractivity contribution < 1.29 is 9.53 Å². The number of allylic oxidation sites excluding steroid dienone is 1. The number of hydrogen-bond donors (Lipinski definition) is 1. The van der Waals surface area contributed by atoms with Crippen LogP contribution in [0.1, 0.15) is 16.7 Å². The molecule has 24 heavy (non-hydrogen) atoms. The Morgan fingerprint density at radius 2 is 1.88 bits per heavy atom. The molecule has 0 aliphatic rings. The number of carbonyl (C=O) groups excluding carboxylic acids is 1. The molecule has 0 bridgehead atoms. The van der Waals surface area contributed by atoms with E-state index in [0.717, 1.165) is 26.0 Å². The summed E-state index contributed by atoms with van der Waals surface area (Å²) in [5.41, 5.74) is 5.55. The van der Waals surface area contributed by atoms with Crippen LogP contribution < -0.4 is 10.2 Å². The lowest BCUT2D eigenvalue weighted by Gasteiger charge is -2.11. The molecule has 0 saturated carbocycles. The van der Waals surface area contributed by atoms with Gasteiger partial charge in [-0.3, -0.25) is 4.79 Å². The van der Waals surface area contributed by atoms with Crippen molar-refractivity contribution in [1.82, 2.24) is 5.43 Å². The van der Waals surface area contributed by atoms with Crippen LogP contribution in [0.3, 0.4) is 0 Å². The summed E-state index contributed by atoms with van der Waals surface area (Å²) in [7, 11) is 0. The van der Waals surface area contributed by atoms with Gasteiger partial charge in [-0.2, -0.15) is 5.10 Å². The first-order valence-electron chi connectivity index (χ1n) is 7.49. The Balaban J connectivity index is 1.80. The molecule has 0 aromatic heterocycles. The fourth-order valence-electron chi connectivity index (χ4n) is 2.17. The molecule has 2 aromatic carbocycles. The summed E-state index contributed by atoms with van der Waals surface area (Å²) >= 11 is 2.26. The van der Waals surface area contributed by atoms with E-state index in [1.165, 1.54) is 6.21 Å². The van der Waals surface area contributed by atoms with Crippen LogP contribution in [0.4, 0.5) is 0 Å². The van der Waals surface area contributed by atoms with Gasteiger partial charge in [0.05, 0.1) is 0 Å². The van der Waals surface area contributed by atoms with Crippen LogP contribution in [0.5, 0.6) is 5.75 Å². The van der Waals surface area contributed by atoms with Crippen LogP contribution in [0.25, 0.3) is 6.08 Å². The molecule has 0 aliphatic carbocycles. The smallest absolute Gasteiger partial charge is 0.277 e. The number of hydrazone groups is 1. The summed E-state index contributed by atoms with van der Waals surface area (Å²) in [5.74, 6) is 0.454. The third-order valence-electron chi connectivity index (χ3n) is 3.21. The van der Waals surface area contributed by atoms with E-state index in [1.807, 2.05) is 62.4 Å². The lowest BCUT2D eigenvalue weighted by atomic mass is 10.1. The first-order chi connectivity index (χ1) is 11.6. The van der Waals surface area contributed by atoms with Crippen LogP contribution in [0.2, 0.25) is 0 Å². The Bertz CT molecular complexity index is 732. The van der Waals surface area contributed by atoms with Gasteiger partial charge in [0, 0.05) is 9.78 Å². The Kier molecular flexibility index (Phi) is 6.99. The molecule has 0 saturated heterocycles. The van der Waals surface area contributed by atoms with Gasteiger partial charge in [-0.15, -0.1) is 0 Å². The van der Waals surface area contributed by atoms with E-state index in [-0.39, 0.29) is 12.5 Å². The van der Waals surface area contributed by atoms with Crippen molar-refractivity contribution in [2.75, 3.05) is 6.61 Å². The molecule has 0 atom stereocenters. The molecule has 1 N–H and O–H groups in total. The highest BCUT2D eigenvalue weighted by Crippen LogP contribution is 2.25. The number of nitrogens with zero attached hydrogens (tertiary/aromatic N) is 1. The van der Waals surface area contributed by atoms with E-state index in [1.54, 1.807) is 6.08 Å². The molecular formula is C19H19IN2O2. The Morgan fingerprint density at radius 1 is 1.21 bits per heavy atom. The van der Waals surface area contributed by atoms with Crippen LogP contribution in [-0.2, 0) is 4.79 Å². The van der Waals surface area contributed by atoms with Gasteiger partial charge < -0.3 is 4.74 Å². The van der Waals surface area contributed by atoms with Gasteiger partial charge in [0.1, 0.15) is 5.75 Å². The minimum absolute atomic E-state index is 0.0674. The second-order valence-corrected chi connectivity index (χ2v) is 6.49. The summed E-state index contributed by atoms with van der Waals surface area (Å²) in [5, 5.41) is 3.87. The largest absolute Gasteiger partial charge is 0.483 e. The number of carbonyl (C=O) groups is 1. The number of hydrogen-bond acceptors (Lipinski definition) is 3. The van der Waals surface area contributed by atoms with Crippen molar-refractivity contribution in [1.29, 1.82) is 0 Å². The second-order valence-electron chi connectivity index (χ2n) is 5.24. The number of rotatable bonds is 6. The average Bonchev–Trinajstić information content (AvgIpc) is 2.54. The van der Waals surface area contributed by atoms with Gasteiger partial charge in [0.25, 0.3) is 5.91 Å². The highest BCUT2D eigenvalue weighted by molar-refractivity contribution is 14.1. The Hall–Kier alpha value is -2.15. The fourth-order valence-corrected chi connectivity index (χ4v) is 3.10. The third-order valence-corrected chi connectivity index (χ3v) is 3.83. The molecule has 0 fully saturated rings. The van der Waals surface area contributed by atoms with Crippen molar-refractivity contribution in [3.8, 4) is 5.75 Å². The van der Waals surface area contributed by atoms with Gasteiger partial charge in [-0.05, 0) is 71.3 Å². The van der Waals surface area contributed by atoms with Gasteiger partial charge in [0.2, 0.25) is 0 Å². The monoisotopic (exact) mass is 434 g/mol. The van der Waals surface area contributed by atoms with E-state index < -0.39 is 0 Å². The normalized spacial score (nSPS) is 11.1. The number of nitrogens with one attached hydrogen (secondary N) is 1. The minimum atomic E-state index is -0.295. The highest BCUT2D eigenvalue weighted by atomic mass is 127. The van der Waals surface area contributed by atoms with E-state index in [2.05, 4.69) is 33.1 Å². The summed E-state index contributed by atoms with van der Waals surface area (Å²) in [6.45, 7) is 3.87. The number of halogens is 1. The quantitative estimate of drug-likeness (QED) is 0.423. The maximum absolute atomic E-state index is 11.8. The lowest BCUT2D eigenvalue weighted by molar-refractivity contribution is -0.123. The van der Waals surface area contributed by atoms with E-state index in [0.29, 0.717) is 0 Å². The third kappa shape index (κ3) is 5.81. The lowest BCUT2D eigenvalue weighted by Crippen LogP contribution is -2.24. The van der Waals surface area contributed by atoms with E-state index in [4.69, 9.17) is 4.74 Å². The summed E-state index contributed by atoms with van der Waals surface area (Å²) < 4.78 is 6.75. The fraction of sp³-hybridized carbons (Fsp3) is 0.158. The maximum atomic E-state index is 11.8. The Morgan fingerprint density at radius 3 is 2.54 bits per heavy atom. The van der Waals surface area contributed by atoms with Crippen molar-refractivity contribution >= 4 is 40.8 Å². The Labute approximate surface area is 155 Å². The first-order valence-corrected chi connectivity index (χ1v) is 8.57.